The van der Waals surface area contributed by atoms with E-state index < -0.39 is 6.09 Å². The van der Waals surface area contributed by atoms with Crippen molar-refractivity contribution >= 4 is 12.0 Å². The molecule has 0 spiro atoms. The molecule has 1 aliphatic heterocycles. The molecule has 1 atom stereocenters. The van der Waals surface area contributed by atoms with E-state index in [1.165, 1.54) is 0 Å². The summed E-state index contributed by atoms with van der Waals surface area (Å²) < 4.78 is 10.5. The summed E-state index contributed by atoms with van der Waals surface area (Å²) in [6.07, 6.45) is 4.93. The fourth-order valence-electron chi connectivity index (χ4n) is 2.54. The molecule has 2 rings (SSSR count). The summed E-state index contributed by atoms with van der Waals surface area (Å²) in [4.78, 5) is 28.5. The van der Waals surface area contributed by atoms with Crippen molar-refractivity contribution in [1.29, 1.82) is 0 Å². The summed E-state index contributed by atoms with van der Waals surface area (Å²) in [6.45, 7) is 1.47. The van der Waals surface area contributed by atoms with E-state index in [0.717, 1.165) is 44.1 Å². The fraction of sp³-hybridized carbons (Fsp3) is 0.579. The number of amides is 2. The van der Waals surface area contributed by atoms with E-state index in [4.69, 9.17) is 14.3 Å². The van der Waals surface area contributed by atoms with E-state index >= 15 is 0 Å². The first-order chi connectivity index (χ1) is 12.7. The van der Waals surface area contributed by atoms with Gasteiger partial charge in [0, 0.05) is 26.0 Å². The summed E-state index contributed by atoms with van der Waals surface area (Å²) in [5.41, 5.74) is 3.39. The number of hydrogen-bond donors (Lipinski definition) is 2. The second-order valence-corrected chi connectivity index (χ2v) is 6.24. The van der Waals surface area contributed by atoms with Gasteiger partial charge in [0.1, 0.15) is 6.61 Å². The van der Waals surface area contributed by atoms with E-state index in [-0.39, 0.29) is 18.8 Å². The normalized spacial score (nSPS) is 16.7. The van der Waals surface area contributed by atoms with Crippen molar-refractivity contribution in [3.05, 3.63) is 35.9 Å². The van der Waals surface area contributed by atoms with Crippen LogP contribution in [0.25, 0.3) is 0 Å². The molecule has 0 unspecified atom stereocenters. The molecule has 7 nitrogen and oxygen atoms in total. The molecule has 0 radical (unpaired) electrons. The lowest BCUT2D eigenvalue weighted by Gasteiger charge is -2.22. The highest BCUT2D eigenvalue weighted by molar-refractivity contribution is 5.74. The molecule has 1 fully saturated rings. The van der Waals surface area contributed by atoms with Gasteiger partial charge in [-0.2, -0.15) is 0 Å². The van der Waals surface area contributed by atoms with Crippen LogP contribution in [0, 0.1) is 0 Å². The summed E-state index contributed by atoms with van der Waals surface area (Å²) in [5.74, 6) is -0.144. The summed E-state index contributed by atoms with van der Waals surface area (Å²) in [6, 6.07) is 9.53. The lowest BCUT2D eigenvalue weighted by molar-refractivity contribution is -0.200. The third-order valence-corrected chi connectivity index (χ3v) is 4.00. The first kappa shape index (κ1) is 20.2. The molecule has 1 saturated heterocycles. The van der Waals surface area contributed by atoms with Crippen LogP contribution in [0.2, 0.25) is 0 Å². The number of ether oxygens (including phenoxy) is 2. The van der Waals surface area contributed by atoms with Crippen molar-refractivity contribution in [3.63, 3.8) is 0 Å². The highest BCUT2D eigenvalue weighted by Gasteiger charge is 2.15. The Labute approximate surface area is 154 Å². The third kappa shape index (κ3) is 8.82. The molecule has 26 heavy (non-hydrogen) atoms. The first-order valence-electron chi connectivity index (χ1n) is 9.24. The lowest BCUT2D eigenvalue weighted by Crippen LogP contribution is -2.33. The Bertz CT molecular complexity index is 532. The smallest absolute Gasteiger partial charge is 0.407 e. The van der Waals surface area contributed by atoms with Gasteiger partial charge in [-0.3, -0.25) is 4.79 Å². The van der Waals surface area contributed by atoms with E-state index in [1.54, 1.807) is 0 Å². The second-order valence-electron chi connectivity index (χ2n) is 6.24. The molecule has 7 heteroatoms. The fourth-order valence-corrected chi connectivity index (χ4v) is 2.54. The Morgan fingerprint density at radius 3 is 2.73 bits per heavy atom. The van der Waals surface area contributed by atoms with Crippen molar-refractivity contribution in [3.8, 4) is 0 Å². The zero-order chi connectivity index (χ0) is 18.5. The minimum absolute atomic E-state index is 0.144. The molecule has 0 aromatic heterocycles. The summed E-state index contributed by atoms with van der Waals surface area (Å²) in [7, 11) is 0. The number of nitrogens with one attached hydrogen (secondary N) is 2. The van der Waals surface area contributed by atoms with Crippen LogP contribution in [-0.4, -0.2) is 31.4 Å². The lowest BCUT2D eigenvalue weighted by atomic mass is 10.2. The average Bonchev–Trinajstić information content (AvgIpc) is 2.69. The molecule has 0 saturated carbocycles. The largest absolute Gasteiger partial charge is 0.445 e. The van der Waals surface area contributed by atoms with Gasteiger partial charge in [0.05, 0.1) is 0 Å². The number of hydroxylamine groups is 1. The molecule has 1 aliphatic rings. The van der Waals surface area contributed by atoms with Crippen molar-refractivity contribution in [2.45, 2.75) is 57.8 Å². The van der Waals surface area contributed by atoms with Gasteiger partial charge in [-0.25, -0.2) is 15.1 Å². The van der Waals surface area contributed by atoms with Crippen LogP contribution in [0.4, 0.5) is 4.79 Å². The number of carbonyl (C=O) groups excluding carboxylic acids is 2. The maximum absolute atomic E-state index is 11.7. The first-order valence-corrected chi connectivity index (χ1v) is 9.24. The molecule has 1 aromatic carbocycles. The number of carbonyl (C=O) groups is 2. The van der Waals surface area contributed by atoms with Gasteiger partial charge in [0.2, 0.25) is 5.91 Å². The molecule has 0 aliphatic carbocycles. The Balaban J connectivity index is 1.41. The van der Waals surface area contributed by atoms with E-state index in [1.807, 2.05) is 30.3 Å². The van der Waals surface area contributed by atoms with Crippen LogP contribution in [0.3, 0.4) is 0 Å². The molecule has 0 bridgehead atoms. The maximum atomic E-state index is 11.7. The van der Waals surface area contributed by atoms with Crippen LogP contribution in [-0.2, 0) is 25.7 Å². The molecule has 2 N–H and O–H groups in total. The zero-order valence-electron chi connectivity index (χ0n) is 15.1. The second kappa shape index (κ2) is 12.3. The van der Waals surface area contributed by atoms with Crippen molar-refractivity contribution < 1.29 is 23.9 Å². The molecule has 1 heterocycles. The SMILES string of the molecule is O=C(CCCCCNC(=O)OCc1ccccc1)NO[C@@H]1CCCCO1. The zero-order valence-corrected chi connectivity index (χ0v) is 15.1. The molecular formula is C19H28N2O5. The van der Waals surface area contributed by atoms with Crippen LogP contribution < -0.4 is 10.8 Å². The Kier molecular flexibility index (Phi) is 9.53. The molecule has 144 valence electrons. The monoisotopic (exact) mass is 364 g/mol. The van der Waals surface area contributed by atoms with Gasteiger partial charge in [-0.15, -0.1) is 0 Å². The van der Waals surface area contributed by atoms with E-state index in [9.17, 15) is 9.59 Å². The minimum atomic E-state index is -0.424. The van der Waals surface area contributed by atoms with Crippen LogP contribution >= 0.6 is 0 Å². The van der Waals surface area contributed by atoms with Gasteiger partial charge in [0.25, 0.3) is 0 Å². The number of benzene rings is 1. The van der Waals surface area contributed by atoms with Gasteiger partial charge in [0.15, 0.2) is 6.29 Å². The van der Waals surface area contributed by atoms with Gasteiger partial charge in [-0.1, -0.05) is 36.8 Å². The molecular weight excluding hydrogens is 336 g/mol. The van der Waals surface area contributed by atoms with E-state index in [2.05, 4.69) is 10.8 Å². The minimum Gasteiger partial charge on any atom is -0.445 e. The third-order valence-electron chi connectivity index (χ3n) is 4.00. The highest BCUT2D eigenvalue weighted by Crippen LogP contribution is 2.12. The van der Waals surface area contributed by atoms with Gasteiger partial charge >= 0.3 is 6.09 Å². The predicted octanol–water partition coefficient (Wildman–Crippen LogP) is 3.05. The number of unbranched alkanes of at least 4 members (excludes halogenated alkanes) is 2. The van der Waals surface area contributed by atoms with E-state index in [0.29, 0.717) is 19.6 Å². The number of alkyl carbamates (subject to hydrolysis) is 1. The van der Waals surface area contributed by atoms with Crippen LogP contribution in [0.1, 0.15) is 50.5 Å². The number of rotatable bonds is 10. The molecule has 1 aromatic rings. The van der Waals surface area contributed by atoms with Gasteiger partial charge in [-0.05, 0) is 31.2 Å². The average molecular weight is 364 g/mol. The van der Waals surface area contributed by atoms with Crippen LogP contribution in [0.5, 0.6) is 0 Å². The van der Waals surface area contributed by atoms with Crippen LogP contribution in [0.15, 0.2) is 30.3 Å². The quantitative estimate of drug-likeness (QED) is 0.492. The van der Waals surface area contributed by atoms with Crippen molar-refractivity contribution in [1.82, 2.24) is 10.8 Å². The molecule has 2 amide bonds. The van der Waals surface area contributed by atoms with Crippen molar-refractivity contribution in [2.75, 3.05) is 13.2 Å². The number of hydrogen-bond acceptors (Lipinski definition) is 5. The van der Waals surface area contributed by atoms with Gasteiger partial charge < -0.3 is 14.8 Å². The Morgan fingerprint density at radius 1 is 1.12 bits per heavy atom. The topological polar surface area (TPSA) is 85.9 Å². The van der Waals surface area contributed by atoms with Crippen molar-refractivity contribution in [2.24, 2.45) is 0 Å². The Morgan fingerprint density at radius 2 is 1.96 bits per heavy atom. The Hall–Kier alpha value is -2.12. The highest BCUT2D eigenvalue weighted by atomic mass is 16.8. The maximum Gasteiger partial charge on any atom is 0.407 e. The standard InChI is InChI=1S/C19H28N2O5/c22-17(21-26-18-12-6-8-14-24-18)11-5-2-7-13-20-19(23)25-15-16-9-3-1-4-10-16/h1,3-4,9-10,18H,2,5-8,11-15H2,(H,20,23)(H,21,22)/t18-/m1/s1. The summed E-state index contributed by atoms with van der Waals surface area (Å²) in [5, 5.41) is 2.71. The summed E-state index contributed by atoms with van der Waals surface area (Å²) >= 11 is 0. The predicted molar refractivity (Wildman–Crippen MR) is 95.9 cm³/mol.